The largest absolute Gasteiger partial charge is 0.342 e. The van der Waals surface area contributed by atoms with E-state index in [0.717, 1.165) is 21.6 Å². The molecular formula is C25H24N4O2S. The molecule has 0 bridgehead atoms. The van der Waals surface area contributed by atoms with Crippen LogP contribution < -0.4 is 10.6 Å². The summed E-state index contributed by atoms with van der Waals surface area (Å²) in [6.07, 6.45) is 2.00. The number of carbonyl (C=O) groups is 2. The Labute approximate surface area is 191 Å². The summed E-state index contributed by atoms with van der Waals surface area (Å²) in [6, 6.07) is 24.0. The summed E-state index contributed by atoms with van der Waals surface area (Å²) in [6.45, 7) is 1.96. The summed E-state index contributed by atoms with van der Waals surface area (Å²) in [4.78, 5) is 31.3. The monoisotopic (exact) mass is 444 g/mol. The van der Waals surface area contributed by atoms with Crippen LogP contribution >= 0.6 is 11.8 Å². The maximum atomic E-state index is 12.9. The molecule has 7 heteroatoms. The highest BCUT2D eigenvalue weighted by molar-refractivity contribution is 7.98. The Morgan fingerprint density at radius 2 is 1.75 bits per heavy atom. The molecule has 0 aliphatic rings. The molecule has 0 fully saturated rings. The number of amides is 2. The Morgan fingerprint density at radius 3 is 2.53 bits per heavy atom. The third-order valence-corrected chi connectivity index (χ3v) is 5.84. The molecule has 2 amide bonds. The number of thioether (sulfide) groups is 1. The van der Waals surface area contributed by atoms with E-state index in [2.05, 4.69) is 10.6 Å². The number of carbonyl (C=O) groups excluding carboxylic acids is 2. The van der Waals surface area contributed by atoms with E-state index in [4.69, 9.17) is 4.98 Å². The lowest BCUT2D eigenvalue weighted by atomic mass is 10.2. The fraction of sp³-hybridized carbons (Fsp3) is 0.160. The summed E-state index contributed by atoms with van der Waals surface area (Å²) in [5.41, 5.74) is 2.95. The summed E-state index contributed by atoms with van der Waals surface area (Å²) < 4.78 is 1.86. The Kier molecular flexibility index (Phi) is 6.56. The van der Waals surface area contributed by atoms with Crippen LogP contribution in [-0.4, -0.2) is 27.6 Å². The van der Waals surface area contributed by atoms with Crippen LogP contribution in [0.2, 0.25) is 0 Å². The maximum absolute atomic E-state index is 12.9. The molecule has 0 aliphatic carbocycles. The smallest absolute Gasteiger partial charge is 0.251 e. The third kappa shape index (κ3) is 4.84. The van der Waals surface area contributed by atoms with Crippen LogP contribution in [-0.2, 0) is 11.3 Å². The van der Waals surface area contributed by atoms with Crippen molar-refractivity contribution in [1.82, 2.24) is 14.9 Å². The quantitative estimate of drug-likeness (QED) is 0.398. The number of hydrogen-bond donors (Lipinski definition) is 2. The molecule has 162 valence electrons. The number of benzene rings is 3. The first-order valence-electron chi connectivity index (χ1n) is 10.3. The molecule has 32 heavy (non-hydrogen) atoms. The molecule has 1 aromatic heterocycles. The number of nitrogens with one attached hydrogen (secondary N) is 2. The van der Waals surface area contributed by atoms with E-state index < -0.39 is 0 Å². The lowest BCUT2D eigenvalue weighted by molar-refractivity contribution is -0.116. The first-order chi connectivity index (χ1) is 15.5. The van der Waals surface area contributed by atoms with E-state index in [9.17, 15) is 9.59 Å². The molecule has 4 aromatic rings. The van der Waals surface area contributed by atoms with Crippen LogP contribution in [0.25, 0.3) is 11.0 Å². The van der Waals surface area contributed by atoms with Crippen LogP contribution in [0.1, 0.15) is 29.1 Å². The zero-order valence-corrected chi connectivity index (χ0v) is 18.7. The van der Waals surface area contributed by atoms with E-state index in [1.807, 2.05) is 84.5 Å². The van der Waals surface area contributed by atoms with Crippen LogP contribution in [0.5, 0.6) is 0 Å². The summed E-state index contributed by atoms with van der Waals surface area (Å²) >= 11 is 1.62. The SMILES string of the molecule is CSc1cccc(NC(=O)Cn2c(C(C)NC(=O)c3ccccc3)nc3ccccc32)c1. The Morgan fingerprint density at radius 1 is 1.00 bits per heavy atom. The van der Waals surface area contributed by atoms with Gasteiger partial charge in [-0.15, -0.1) is 11.8 Å². The fourth-order valence-corrected chi connectivity index (χ4v) is 4.03. The summed E-state index contributed by atoms with van der Waals surface area (Å²) in [5, 5.41) is 5.96. The zero-order valence-electron chi connectivity index (χ0n) is 17.9. The number of imidazole rings is 1. The van der Waals surface area contributed by atoms with Crippen molar-refractivity contribution < 1.29 is 9.59 Å². The highest BCUT2D eigenvalue weighted by Crippen LogP contribution is 2.22. The van der Waals surface area contributed by atoms with Gasteiger partial charge in [-0.1, -0.05) is 36.4 Å². The molecule has 0 aliphatic heterocycles. The van der Waals surface area contributed by atoms with E-state index in [-0.39, 0.29) is 24.4 Å². The van der Waals surface area contributed by atoms with Crippen molar-refractivity contribution in [3.63, 3.8) is 0 Å². The minimum absolute atomic E-state index is 0.0882. The molecule has 0 radical (unpaired) electrons. The van der Waals surface area contributed by atoms with Crippen molar-refractivity contribution in [3.05, 3.63) is 90.3 Å². The predicted octanol–water partition coefficient (Wildman–Crippen LogP) is 4.89. The minimum atomic E-state index is -0.386. The van der Waals surface area contributed by atoms with E-state index in [0.29, 0.717) is 11.4 Å². The normalized spacial score (nSPS) is 11.8. The van der Waals surface area contributed by atoms with Gasteiger partial charge in [0, 0.05) is 16.1 Å². The number of fused-ring (bicyclic) bond motifs is 1. The lowest BCUT2D eigenvalue weighted by Crippen LogP contribution is -2.30. The number of nitrogens with zero attached hydrogens (tertiary/aromatic N) is 2. The Balaban J connectivity index is 1.58. The highest BCUT2D eigenvalue weighted by atomic mass is 32.2. The van der Waals surface area contributed by atoms with Gasteiger partial charge in [-0.2, -0.15) is 0 Å². The number of anilines is 1. The van der Waals surface area contributed by atoms with Crippen LogP contribution in [0.3, 0.4) is 0 Å². The first kappa shape index (κ1) is 21.6. The van der Waals surface area contributed by atoms with Gasteiger partial charge in [-0.3, -0.25) is 9.59 Å². The number of hydrogen-bond acceptors (Lipinski definition) is 4. The number of rotatable bonds is 7. The van der Waals surface area contributed by atoms with Crippen molar-refractivity contribution in [2.45, 2.75) is 24.4 Å². The van der Waals surface area contributed by atoms with Crippen molar-refractivity contribution in [1.29, 1.82) is 0 Å². The van der Waals surface area contributed by atoms with Gasteiger partial charge in [0.15, 0.2) is 0 Å². The molecule has 3 aromatic carbocycles. The molecule has 1 heterocycles. The Hall–Kier alpha value is -3.58. The summed E-state index contributed by atoms with van der Waals surface area (Å²) in [7, 11) is 0. The van der Waals surface area contributed by atoms with E-state index in [1.54, 1.807) is 23.9 Å². The van der Waals surface area contributed by atoms with Crippen LogP contribution in [0.15, 0.2) is 83.8 Å². The van der Waals surface area contributed by atoms with Gasteiger partial charge >= 0.3 is 0 Å². The average Bonchev–Trinajstić information content (AvgIpc) is 3.18. The van der Waals surface area contributed by atoms with Crippen LogP contribution in [0.4, 0.5) is 5.69 Å². The third-order valence-electron chi connectivity index (χ3n) is 5.11. The van der Waals surface area contributed by atoms with Gasteiger partial charge in [-0.25, -0.2) is 4.98 Å². The number of aromatic nitrogens is 2. The second-order valence-electron chi connectivity index (χ2n) is 7.39. The van der Waals surface area contributed by atoms with Gasteiger partial charge in [0.1, 0.15) is 12.4 Å². The molecule has 1 atom stereocenters. The van der Waals surface area contributed by atoms with Crippen molar-refractivity contribution in [3.8, 4) is 0 Å². The molecule has 0 saturated carbocycles. The molecule has 1 unspecified atom stereocenters. The van der Waals surface area contributed by atoms with E-state index >= 15 is 0 Å². The van der Waals surface area contributed by atoms with Crippen molar-refractivity contribution in [2.75, 3.05) is 11.6 Å². The second kappa shape index (κ2) is 9.70. The maximum Gasteiger partial charge on any atom is 0.251 e. The standard InChI is InChI=1S/C25H24N4O2S/c1-17(26-25(31)18-9-4-3-5-10-18)24-28-21-13-6-7-14-22(21)29(24)16-23(30)27-19-11-8-12-20(15-19)32-2/h3-15,17H,16H2,1-2H3,(H,26,31)(H,27,30). The van der Waals surface area contributed by atoms with Crippen molar-refractivity contribution >= 4 is 40.3 Å². The topological polar surface area (TPSA) is 76.0 Å². The highest BCUT2D eigenvalue weighted by Gasteiger charge is 2.20. The van der Waals surface area contributed by atoms with Gasteiger partial charge in [0.05, 0.1) is 17.1 Å². The molecule has 2 N–H and O–H groups in total. The van der Waals surface area contributed by atoms with Gasteiger partial charge in [0.2, 0.25) is 5.91 Å². The first-order valence-corrected chi connectivity index (χ1v) is 11.5. The molecular weight excluding hydrogens is 420 g/mol. The number of para-hydroxylation sites is 2. The molecule has 0 saturated heterocycles. The average molecular weight is 445 g/mol. The predicted molar refractivity (Wildman–Crippen MR) is 129 cm³/mol. The lowest BCUT2D eigenvalue weighted by Gasteiger charge is -2.16. The molecule has 4 rings (SSSR count). The van der Waals surface area contributed by atoms with Crippen molar-refractivity contribution in [2.24, 2.45) is 0 Å². The van der Waals surface area contributed by atoms with Gasteiger partial charge in [0.25, 0.3) is 5.91 Å². The van der Waals surface area contributed by atoms with E-state index in [1.165, 1.54) is 0 Å². The minimum Gasteiger partial charge on any atom is -0.342 e. The van der Waals surface area contributed by atoms with Gasteiger partial charge < -0.3 is 15.2 Å². The molecule has 6 nitrogen and oxygen atoms in total. The Bertz CT molecular complexity index is 1250. The molecule has 0 spiro atoms. The summed E-state index contributed by atoms with van der Waals surface area (Å²) in [5.74, 6) is 0.285. The fourth-order valence-electron chi connectivity index (χ4n) is 3.57. The second-order valence-corrected chi connectivity index (χ2v) is 8.27. The zero-order chi connectivity index (χ0) is 22.5. The van der Waals surface area contributed by atoms with Gasteiger partial charge in [-0.05, 0) is 55.6 Å². The van der Waals surface area contributed by atoms with Crippen LogP contribution in [0, 0.1) is 0 Å².